The number of hydrogen-bond donors (Lipinski definition) is 2. The van der Waals surface area contributed by atoms with E-state index in [-0.39, 0.29) is 0 Å². The number of rotatable bonds is 2. The highest BCUT2D eigenvalue weighted by Gasteiger charge is 2.14. The highest BCUT2D eigenvalue weighted by Crippen LogP contribution is 2.21. The summed E-state index contributed by atoms with van der Waals surface area (Å²) in [7, 11) is 1.64. The number of aromatic nitrogens is 2. The van der Waals surface area contributed by atoms with Crippen molar-refractivity contribution < 1.29 is 4.74 Å². The van der Waals surface area contributed by atoms with Crippen molar-refractivity contribution in [2.24, 2.45) is 10.7 Å². The third kappa shape index (κ3) is 2.33. The Hall–Kier alpha value is -2.24. The first-order valence-electron chi connectivity index (χ1n) is 6.39. The minimum Gasteiger partial charge on any atom is -0.497 e. The molecule has 2 heterocycles. The van der Waals surface area contributed by atoms with E-state index >= 15 is 0 Å². The molecule has 0 amide bonds. The van der Waals surface area contributed by atoms with E-state index < -0.39 is 0 Å². The van der Waals surface area contributed by atoms with Gasteiger partial charge in [0.05, 0.1) is 18.1 Å². The predicted molar refractivity (Wildman–Crippen MR) is 74.7 cm³/mol. The summed E-state index contributed by atoms with van der Waals surface area (Å²) in [6.07, 6.45) is 2.35. The first-order chi connectivity index (χ1) is 9.26. The first-order valence-corrected chi connectivity index (χ1v) is 6.39. The van der Waals surface area contributed by atoms with E-state index in [0.717, 1.165) is 29.9 Å². The Kier molecular flexibility index (Phi) is 2.98. The number of likely N-dealkylation sites (tertiary alicyclic amines) is 1. The molecule has 1 aromatic heterocycles. The number of hydrogen-bond acceptors (Lipinski definition) is 3. The number of imidazole rings is 1. The van der Waals surface area contributed by atoms with Crippen molar-refractivity contribution in [3.63, 3.8) is 0 Å². The van der Waals surface area contributed by atoms with Gasteiger partial charge in [0.1, 0.15) is 5.75 Å². The molecule has 0 saturated carbocycles. The van der Waals surface area contributed by atoms with Crippen LogP contribution in [0.2, 0.25) is 0 Å². The Balaban J connectivity index is 1.90. The van der Waals surface area contributed by atoms with Gasteiger partial charge in [-0.25, -0.2) is 4.98 Å². The first kappa shape index (κ1) is 11.8. The largest absolute Gasteiger partial charge is 0.497 e. The van der Waals surface area contributed by atoms with Gasteiger partial charge in [0.2, 0.25) is 5.95 Å². The van der Waals surface area contributed by atoms with E-state index in [0.29, 0.717) is 11.9 Å². The number of ether oxygens (including phenoxy) is 1. The normalized spacial score (nSPS) is 16.3. The van der Waals surface area contributed by atoms with Crippen LogP contribution in [0.15, 0.2) is 23.2 Å². The van der Waals surface area contributed by atoms with Crippen molar-refractivity contribution >= 4 is 22.9 Å². The summed E-state index contributed by atoms with van der Waals surface area (Å²) in [5.74, 6) is 1.86. The van der Waals surface area contributed by atoms with Gasteiger partial charge in [-0.05, 0) is 25.0 Å². The molecular weight excluding hydrogens is 242 g/mol. The Morgan fingerprint density at radius 2 is 2.21 bits per heavy atom. The summed E-state index contributed by atoms with van der Waals surface area (Å²) in [6.45, 7) is 1.95. The zero-order valence-corrected chi connectivity index (χ0v) is 10.9. The van der Waals surface area contributed by atoms with Crippen molar-refractivity contribution in [3.05, 3.63) is 18.2 Å². The second kappa shape index (κ2) is 4.79. The van der Waals surface area contributed by atoms with E-state index in [2.05, 4.69) is 19.9 Å². The number of benzene rings is 1. The Morgan fingerprint density at radius 1 is 1.42 bits per heavy atom. The van der Waals surface area contributed by atoms with Crippen molar-refractivity contribution in [1.29, 1.82) is 0 Å². The molecule has 6 nitrogen and oxygen atoms in total. The van der Waals surface area contributed by atoms with Gasteiger partial charge in [0, 0.05) is 19.2 Å². The molecule has 2 aromatic rings. The average molecular weight is 259 g/mol. The monoisotopic (exact) mass is 259 g/mol. The van der Waals surface area contributed by atoms with Crippen LogP contribution in [0.5, 0.6) is 5.75 Å². The molecule has 100 valence electrons. The summed E-state index contributed by atoms with van der Waals surface area (Å²) >= 11 is 0. The van der Waals surface area contributed by atoms with Crippen molar-refractivity contribution in [1.82, 2.24) is 14.9 Å². The van der Waals surface area contributed by atoms with Crippen molar-refractivity contribution in [2.45, 2.75) is 12.8 Å². The second-order valence-corrected chi connectivity index (χ2v) is 4.61. The standard InChI is InChI=1S/C13H17N5O/c1-19-9-4-5-10-11(8-9)16-13(15-10)17-12(14)18-6-2-3-7-18/h4-5,8H,2-3,6-7H2,1H3,(H3,14,15,16,17). The van der Waals surface area contributed by atoms with Crippen LogP contribution in [0, 0.1) is 0 Å². The summed E-state index contributed by atoms with van der Waals surface area (Å²) < 4.78 is 5.18. The number of nitrogens with two attached hydrogens (primary N) is 1. The Bertz CT molecular complexity index is 613. The number of aromatic amines is 1. The van der Waals surface area contributed by atoms with E-state index in [1.54, 1.807) is 7.11 Å². The van der Waals surface area contributed by atoms with E-state index in [9.17, 15) is 0 Å². The molecular formula is C13H17N5O. The van der Waals surface area contributed by atoms with Crippen LogP contribution in [0.25, 0.3) is 11.0 Å². The molecule has 1 saturated heterocycles. The molecule has 1 fully saturated rings. The highest BCUT2D eigenvalue weighted by molar-refractivity contribution is 5.83. The third-order valence-corrected chi connectivity index (χ3v) is 3.33. The fourth-order valence-corrected chi connectivity index (χ4v) is 2.28. The predicted octanol–water partition coefficient (Wildman–Crippen LogP) is 1.61. The number of H-pyrrole nitrogens is 1. The van der Waals surface area contributed by atoms with E-state index in [4.69, 9.17) is 10.5 Å². The van der Waals surface area contributed by atoms with Crippen molar-refractivity contribution in [3.8, 4) is 5.75 Å². The third-order valence-electron chi connectivity index (χ3n) is 3.33. The molecule has 3 rings (SSSR count). The average Bonchev–Trinajstić information content (AvgIpc) is 3.06. The lowest BCUT2D eigenvalue weighted by Gasteiger charge is -2.14. The van der Waals surface area contributed by atoms with E-state index in [1.807, 2.05) is 18.2 Å². The number of methoxy groups -OCH3 is 1. The van der Waals surface area contributed by atoms with Gasteiger partial charge in [-0.2, -0.15) is 4.99 Å². The zero-order valence-electron chi connectivity index (χ0n) is 10.9. The van der Waals surface area contributed by atoms with Crippen LogP contribution in [0.4, 0.5) is 5.95 Å². The number of nitrogens with one attached hydrogen (secondary N) is 1. The number of guanidine groups is 1. The van der Waals surface area contributed by atoms with Crippen LogP contribution in [-0.4, -0.2) is 41.0 Å². The maximum atomic E-state index is 5.98. The van der Waals surface area contributed by atoms with Gasteiger partial charge in [0.15, 0.2) is 5.96 Å². The molecule has 19 heavy (non-hydrogen) atoms. The molecule has 0 unspecified atom stereocenters. The lowest BCUT2D eigenvalue weighted by molar-refractivity contribution is 0.415. The summed E-state index contributed by atoms with van der Waals surface area (Å²) in [5, 5.41) is 0. The molecule has 0 aliphatic carbocycles. The van der Waals surface area contributed by atoms with Crippen LogP contribution >= 0.6 is 0 Å². The quantitative estimate of drug-likeness (QED) is 0.634. The minimum absolute atomic E-state index is 0.531. The smallest absolute Gasteiger partial charge is 0.231 e. The molecule has 6 heteroatoms. The lowest BCUT2D eigenvalue weighted by Crippen LogP contribution is -2.34. The van der Waals surface area contributed by atoms with Crippen LogP contribution in [0.1, 0.15) is 12.8 Å². The maximum Gasteiger partial charge on any atom is 0.231 e. The molecule has 3 N–H and O–H groups in total. The molecule has 0 spiro atoms. The van der Waals surface area contributed by atoms with Gasteiger partial charge in [-0.3, -0.25) is 0 Å². The van der Waals surface area contributed by atoms with Crippen LogP contribution in [0.3, 0.4) is 0 Å². The van der Waals surface area contributed by atoms with Gasteiger partial charge in [-0.1, -0.05) is 0 Å². The number of aliphatic imine (C=N–C) groups is 1. The molecule has 1 aliphatic rings. The van der Waals surface area contributed by atoms with Gasteiger partial charge in [0.25, 0.3) is 0 Å². The van der Waals surface area contributed by atoms with E-state index in [1.165, 1.54) is 12.8 Å². The van der Waals surface area contributed by atoms with Crippen LogP contribution < -0.4 is 10.5 Å². The lowest BCUT2D eigenvalue weighted by atomic mass is 10.3. The highest BCUT2D eigenvalue weighted by atomic mass is 16.5. The zero-order chi connectivity index (χ0) is 13.2. The number of nitrogens with zero attached hydrogens (tertiary/aromatic N) is 3. The fraction of sp³-hybridized carbons (Fsp3) is 0.385. The molecule has 0 atom stereocenters. The molecule has 0 bridgehead atoms. The topological polar surface area (TPSA) is 79.5 Å². The molecule has 1 aliphatic heterocycles. The Labute approximate surface area is 111 Å². The SMILES string of the molecule is COc1ccc2nc(/N=C(/N)N3CCCC3)[nH]c2c1. The van der Waals surface area contributed by atoms with Gasteiger partial charge in [-0.15, -0.1) is 0 Å². The Morgan fingerprint density at radius 3 is 2.95 bits per heavy atom. The van der Waals surface area contributed by atoms with Crippen LogP contribution in [-0.2, 0) is 0 Å². The summed E-state index contributed by atoms with van der Waals surface area (Å²) in [6, 6.07) is 5.67. The van der Waals surface area contributed by atoms with Crippen molar-refractivity contribution in [2.75, 3.05) is 20.2 Å². The van der Waals surface area contributed by atoms with Gasteiger partial charge < -0.3 is 20.4 Å². The van der Waals surface area contributed by atoms with Gasteiger partial charge >= 0.3 is 0 Å². The summed E-state index contributed by atoms with van der Waals surface area (Å²) in [5.41, 5.74) is 7.73. The number of fused-ring (bicyclic) bond motifs is 1. The fourth-order valence-electron chi connectivity index (χ4n) is 2.28. The molecule has 0 radical (unpaired) electrons. The maximum absolute atomic E-state index is 5.98. The second-order valence-electron chi connectivity index (χ2n) is 4.61. The molecule has 1 aromatic carbocycles. The minimum atomic E-state index is 0.531. The summed E-state index contributed by atoms with van der Waals surface area (Å²) in [4.78, 5) is 14.0.